The average Bonchev–Trinajstić information content (AvgIpc) is 3.48. The van der Waals surface area contributed by atoms with Crippen molar-refractivity contribution in [2.75, 3.05) is 0 Å². The molecule has 8 rings (SSSR count). The second-order valence-electron chi connectivity index (χ2n) is 11.4. The Morgan fingerprint density at radius 2 is 0.826 bits per heavy atom. The van der Waals surface area contributed by atoms with Crippen molar-refractivity contribution in [3.8, 4) is 39.3 Å². The smallest absolute Gasteiger partial charge is 0.146 e. The molecule has 0 spiro atoms. The summed E-state index contributed by atoms with van der Waals surface area (Å²) in [5, 5.41) is 4.25. The van der Waals surface area contributed by atoms with E-state index in [1.165, 1.54) is 0 Å². The highest BCUT2D eigenvalue weighted by molar-refractivity contribution is 6.68. The number of imidazole rings is 1. The highest BCUT2D eigenvalue weighted by atomic mass is 15.1. The van der Waals surface area contributed by atoms with Gasteiger partial charge in [0.1, 0.15) is 45.1 Å². The van der Waals surface area contributed by atoms with Gasteiger partial charge in [-0.3, -0.25) is 4.57 Å². The van der Waals surface area contributed by atoms with Gasteiger partial charge in [-0.15, -0.1) is 16.4 Å². The Morgan fingerprint density at radius 3 is 1.41 bits per heavy atom. The van der Waals surface area contributed by atoms with Gasteiger partial charge in [-0.25, -0.2) is 4.98 Å². The van der Waals surface area contributed by atoms with Crippen LogP contribution < -0.4 is 27.3 Å². The van der Waals surface area contributed by atoms with Crippen molar-refractivity contribution in [3.05, 3.63) is 127 Å². The van der Waals surface area contributed by atoms with E-state index < -0.39 is 0 Å². The summed E-state index contributed by atoms with van der Waals surface area (Å²) in [6.45, 7) is 0. The van der Waals surface area contributed by atoms with E-state index in [-0.39, 0.29) is 16.4 Å². The third kappa shape index (κ3) is 4.22. The summed E-state index contributed by atoms with van der Waals surface area (Å²) >= 11 is 0. The number of para-hydroxylation sites is 3. The third-order valence-electron chi connectivity index (χ3n) is 8.90. The summed E-state index contributed by atoms with van der Waals surface area (Å²) in [5.41, 5.74) is 8.67. The molecule has 202 valence electrons. The number of fused-ring (bicyclic) bond motifs is 3. The molecule has 7 aromatic carbocycles. The number of aromatic nitrogens is 2. The lowest BCUT2D eigenvalue weighted by Crippen LogP contribution is -2.55. The van der Waals surface area contributed by atoms with E-state index in [2.05, 4.69) is 102 Å². The Hall–Kier alpha value is -5.15. The van der Waals surface area contributed by atoms with Gasteiger partial charge < -0.3 is 0 Å². The van der Waals surface area contributed by atoms with Crippen molar-refractivity contribution < 1.29 is 0 Å². The summed E-state index contributed by atoms with van der Waals surface area (Å²) in [4.78, 5) is 5.27. The molecule has 0 atom stereocenters. The minimum Gasteiger partial charge on any atom is -0.292 e. The summed E-state index contributed by atoms with van der Waals surface area (Å²) in [6.07, 6.45) is 0. The number of benzene rings is 7. The molecule has 46 heavy (non-hydrogen) atoms. The maximum absolute atomic E-state index is 6.61. The van der Waals surface area contributed by atoms with E-state index in [0.717, 1.165) is 66.3 Å². The van der Waals surface area contributed by atoms with E-state index in [4.69, 9.17) is 44.2 Å². The Kier molecular flexibility index (Phi) is 6.80. The average molecular weight is 572 g/mol. The minimum absolute atomic E-state index is 0.192. The number of hydrogen-bond donors (Lipinski definition) is 0. The molecule has 0 saturated heterocycles. The topological polar surface area (TPSA) is 17.8 Å². The van der Waals surface area contributed by atoms with Gasteiger partial charge in [0.25, 0.3) is 0 Å². The van der Waals surface area contributed by atoms with Crippen LogP contribution in [-0.4, -0.2) is 48.8 Å². The van der Waals surface area contributed by atoms with Crippen LogP contribution in [0.3, 0.4) is 0 Å². The molecule has 0 amide bonds. The fourth-order valence-corrected chi connectivity index (χ4v) is 6.75. The SMILES string of the molecule is [B]c1c([B])c([B])c(-c2ccccc2-c2c3ccccc3c(-c3nc4ccccc4n3-c3ccccc3)c3ccccc23)c([B])c1[B]. The van der Waals surface area contributed by atoms with Gasteiger partial charge in [0.2, 0.25) is 0 Å². The van der Waals surface area contributed by atoms with Gasteiger partial charge in [0.05, 0.1) is 11.0 Å². The number of rotatable bonds is 4. The van der Waals surface area contributed by atoms with E-state index in [1.54, 1.807) is 0 Å². The molecule has 2 nitrogen and oxygen atoms in total. The molecule has 0 fully saturated rings. The zero-order valence-corrected chi connectivity index (χ0v) is 24.9. The molecule has 7 heteroatoms. The van der Waals surface area contributed by atoms with Gasteiger partial charge in [-0.2, -0.15) is 0 Å². The Morgan fingerprint density at radius 1 is 0.391 bits per heavy atom. The first-order chi connectivity index (χ1) is 22.5. The summed E-state index contributed by atoms with van der Waals surface area (Å²) in [5.74, 6) is 0.868. The standard InChI is InChI=1S/C39H21B5N2/c40-34-33(35(41)37(43)38(44)36(34)42)28-19-9-6-16-25(28)31-23-14-4-7-17-26(23)32(27-18-8-5-15-24(27)31)39-45-29-20-10-11-21-30(29)46(39)22-12-2-1-3-13-22/h1-21H. The molecule has 10 radical (unpaired) electrons. The maximum Gasteiger partial charge on any atom is 0.146 e. The monoisotopic (exact) mass is 572 g/mol. The van der Waals surface area contributed by atoms with Crippen LogP contribution in [0.2, 0.25) is 0 Å². The van der Waals surface area contributed by atoms with Gasteiger partial charge in [-0.1, -0.05) is 114 Å². The summed E-state index contributed by atoms with van der Waals surface area (Å²) in [6, 6.07) is 43.6. The molecule has 1 heterocycles. The second-order valence-corrected chi connectivity index (χ2v) is 11.4. The normalized spacial score (nSPS) is 11.5. The highest BCUT2D eigenvalue weighted by Gasteiger charge is 2.24. The largest absolute Gasteiger partial charge is 0.292 e. The maximum atomic E-state index is 6.61. The van der Waals surface area contributed by atoms with Gasteiger partial charge in [0, 0.05) is 11.3 Å². The highest BCUT2D eigenvalue weighted by Crippen LogP contribution is 2.46. The molecular weight excluding hydrogens is 551 g/mol. The second kappa shape index (κ2) is 11.0. The van der Waals surface area contributed by atoms with Crippen molar-refractivity contribution >= 4 is 99.1 Å². The molecule has 0 aliphatic heterocycles. The first-order valence-electron chi connectivity index (χ1n) is 15.0. The molecule has 0 aliphatic carbocycles. The lowest BCUT2D eigenvalue weighted by atomic mass is 9.59. The van der Waals surface area contributed by atoms with Crippen LogP contribution >= 0.6 is 0 Å². The van der Waals surface area contributed by atoms with Crippen molar-refractivity contribution in [1.29, 1.82) is 0 Å². The molecule has 0 saturated carbocycles. The predicted molar refractivity (Wildman–Crippen MR) is 199 cm³/mol. The molecule has 8 aromatic rings. The molecule has 0 aliphatic rings. The van der Waals surface area contributed by atoms with Crippen molar-refractivity contribution in [1.82, 2.24) is 9.55 Å². The minimum atomic E-state index is 0.192. The lowest BCUT2D eigenvalue weighted by Gasteiger charge is -2.24. The van der Waals surface area contributed by atoms with Crippen molar-refractivity contribution in [2.45, 2.75) is 0 Å². The van der Waals surface area contributed by atoms with Crippen molar-refractivity contribution in [3.63, 3.8) is 0 Å². The Labute approximate surface area is 274 Å². The van der Waals surface area contributed by atoms with E-state index in [1.807, 2.05) is 30.3 Å². The van der Waals surface area contributed by atoms with Gasteiger partial charge in [0.15, 0.2) is 0 Å². The van der Waals surface area contributed by atoms with Crippen LogP contribution in [0.5, 0.6) is 0 Å². The van der Waals surface area contributed by atoms with Crippen LogP contribution in [-0.2, 0) is 0 Å². The predicted octanol–water partition coefficient (Wildman–Crippen LogP) is 4.30. The molecule has 0 bridgehead atoms. The molecule has 0 N–H and O–H groups in total. The fraction of sp³-hybridized carbons (Fsp3) is 0. The fourth-order valence-electron chi connectivity index (χ4n) is 6.75. The summed E-state index contributed by atoms with van der Waals surface area (Å²) in [7, 11) is 32.1. The first-order valence-corrected chi connectivity index (χ1v) is 15.0. The number of hydrogen-bond acceptors (Lipinski definition) is 1. The van der Waals surface area contributed by atoms with Crippen LogP contribution in [0.4, 0.5) is 0 Å². The molecule has 1 aromatic heterocycles. The molecule has 0 unspecified atom stereocenters. The van der Waals surface area contributed by atoms with E-state index >= 15 is 0 Å². The zero-order valence-electron chi connectivity index (χ0n) is 24.9. The van der Waals surface area contributed by atoms with Gasteiger partial charge >= 0.3 is 0 Å². The summed E-state index contributed by atoms with van der Waals surface area (Å²) < 4.78 is 2.25. The van der Waals surface area contributed by atoms with Crippen molar-refractivity contribution in [2.24, 2.45) is 0 Å². The first kappa shape index (κ1) is 28.3. The van der Waals surface area contributed by atoms with Crippen LogP contribution in [0.1, 0.15) is 0 Å². The number of nitrogens with zero attached hydrogens (tertiary/aromatic N) is 2. The van der Waals surface area contributed by atoms with Gasteiger partial charge in [-0.05, 0) is 68.1 Å². The lowest BCUT2D eigenvalue weighted by molar-refractivity contribution is 1.11. The molecular formula is C39H21B5N2. The van der Waals surface area contributed by atoms with Crippen LogP contribution in [0.25, 0.3) is 71.9 Å². The van der Waals surface area contributed by atoms with E-state index in [0.29, 0.717) is 16.5 Å². The van der Waals surface area contributed by atoms with Crippen LogP contribution in [0.15, 0.2) is 127 Å². The third-order valence-corrected chi connectivity index (χ3v) is 8.90. The quantitative estimate of drug-likeness (QED) is 0.228. The Bertz CT molecular complexity index is 2400. The van der Waals surface area contributed by atoms with E-state index in [9.17, 15) is 0 Å². The zero-order chi connectivity index (χ0) is 31.5. The van der Waals surface area contributed by atoms with Crippen LogP contribution in [0, 0.1) is 0 Å². The Balaban J connectivity index is 1.52.